The minimum atomic E-state index is 0.152. The molecule has 17 heavy (non-hydrogen) atoms. The highest BCUT2D eigenvalue weighted by Crippen LogP contribution is 2.23. The van der Waals surface area contributed by atoms with Crippen molar-refractivity contribution in [2.75, 3.05) is 11.9 Å². The van der Waals surface area contributed by atoms with E-state index in [0.29, 0.717) is 6.04 Å². The van der Waals surface area contributed by atoms with Gasteiger partial charge in [-0.15, -0.1) is 0 Å². The van der Waals surface area contributed by atoms with Gasteiger partial charge < -0.3 is 15.8 Å². The molecule has 0 fully saturated rings. The summed E-state index contributed by atoms with van der Waals surface area (Å²) in [5.74, 6) is 1.62. The first-order valence-corrected chi connectivity index (χ1v) is 6.21. The van der Waals surface area contributed by atoms with Gasteiger partial charge in [0, 0.05) is 12.2 Å². The van der Waals surface area contributed by atoms with Crippen LogP contribution in [0.1, 0.15) is 33.6 Å². The Kier molecular flexibility index (Phi) is 5.77. The van der Waals surface area contributed by atoms with Gasteiger partial charge in [0.2, 0.25) is 0 Å². The molecule has 1 unspecified atom stereocenters. The molecule has 96 valence electrons. The van der Waals surface area contributed by atoms with Gasteiger partial charge in [0.15, 0.2) is 11.6 Å². The summed E-state index contributed by atoms with van der Waals surface area (Å²) in [4.78, 5) is 4.31. The largest absolute Gasteiger partial charge is 0.487 e. The lowest BCUT2D eigenvalue weighted by atomic mass is 10.2. The Morgan fingerprint density at radius 2 is 2.18 bits per heavy atom. The number of hydrogen-bond donors (Lipinski definition) is 2. The summed E-state index contributed by atoms with van der Waals surface area (Å²) in [6.07, 6.45) is 3.97. The molecule has 1 aromatic rings. The summed E-state index contributed by atoms with van der Waals surface area (Å²) in [6.45, 7) is 6.87. The average molecular weight is 237 g/mol. The van der Waals surface area contributed by atoms with E-state index in [1.54, 1.807) is 6.20 Å². The Labute approximate surface area is 104 Å². The van der Waals surface area contributed by atoms with Gasteiger partial charge in [-0.05, 0) is 52.3 Å². The van der Waals surface area contributed by atoms with Crippen molar-refractivity contribution < 1.29 is 4.74 Å². The van der Waals surface area contributed by atoms with Crippen LogP contribution in [0.5, 0.6) is 5.75 Å². The molecule has 0 aliphatic heterocycles. The van der Waals surface area contributed by atoms with Gasteiger partial charge in [0.25, 0.3) is 0 Å². The molecule has 0 aromatic carbocycles. The summed E-state index contributed by atoms with van der Waals surface area (Å²) in [6, 6.07) is 4.17. The van der Waals surface area contributed by atoms with E-state index in [0.717, 1.165) is 31.0 Å². The van der Waals surface area contributed by atoms with Crippen molar-refractivity contribution in [3.8, 4) is 5.75 Å². The van der Waals surface area contributed by atoms with E-state index in [1.165, 1.54) is 0 Å². The first kappa shape index (κ1) is 13.8. The van der Waals surface area contributed by atoms with E-state index >= 15 is 0 Å². The van der Waals surface area contributed by atoms with Crippen LogP contribution in [0.25, 0.3) is 0 Å². The molecule has 3 N–H and O–H groups in total. The van der Waals surface area contributed by atoms with Gasteiger partial charge in [-0.2, -0.15) is 0 Å². The standard InChI is InChI=1S/C13H23N3O/c1-10(2)17-12-7-5-9-15-13(12)16-11(3)6-4-8-14/h5,7,9-11H,4,6,8,14H2,1-3H3,(H,15,16). The second kappa shape index (κ2) is 7.12. The van der Waals surface area contributed by atoms with Crippen LogP contribution in [0.2, 0.25) is 0 Å². The summed E-state index contributed by atoms with van der Waals surface area (Å²) >= 11 is 0. The Balaban J connectivity index is 2.62. The highest BCUT2D eigenvalue weighted by Gasteiger charge is 2.09. The minimum Gasteiger partial charge on any atom is -0.487 e. The van der Waals surface area contributed by atoms with Crippen LogP contribution in [-0.4, -0.2) is 23.7 Å². The van der Waals surface area contributed by atoms with Crippen molar-refractivity contribution in [1.82, 2.24) is 4.98 Å². The van der Waals surface area contributed by atoms with Crippen LogP contribution in [-0.2, 0) is 0 Å². The quantitative estimate of drug-likeness (QED) is 0.764. The zero-order valence-electron chi connectivity index (χ0n) is 10.9. The molecule has 0 saturated heterocycles. The fourth-order valence-electron chi connectivity index (χ4n) is 1.58. The van der Waals surface area contributed by atoms with E-state index in [1.807, 2.05) is 26.0 Å². The molecule has 1 rings (SSSR count). The fraction of sp³-hybridized carbons (Fsp3) is 0.615. The third-order valence-electron chi connectivity index (χ3n) is 2.36. The smallest absolute Gasteiger partial charge is 0.168 e. The second-order valence-corrected chi connectivity index (χ2v) is 4.49. The molecule has 0 amide bonds. The number of aromatic nitrogens is 1. The Morgan fingerprint density at radius 1 is 1.41 bits per heavy atom. The fourth-order valence-corrected chi connectivity index (χ4v) is 1.58. The van der Waals surface area contributed by atoms with Gasteiger partial charge >= 0.3 is 0 Å². The first-order valence-electron chi connectivity index (χ1n) is 6.21. The Morgan fingerprint density at radius 3 is 2.82 bits per heavy atom. The van der Waals surface area contributed by atoms with Gasteiger partial charge in [-0.1, -0.05) is 0 Å². The molecular formula is C13H23N3O. The maximum atomic E-state index is 5.70. The molecule has 0 aliphatic rings. The second-order valence-electron chi connectivity index (χ2n) is 4.49. The van der Waals surface area contributed by atoms with Crippen LogP contribution >= 0.6 is 0 Å². The number of nitrogens with zero attached hydrogens (tertiary/aromatic N) is 1. The third-order valence-corrected chi connectivity index (χ3v) is 2.36. The van der Waals surface area contributed by atoms with E-state index in [2.05, 4.69) is 17.2 Å². The van der Waals surface area contributed by atoms with E-state index < -0.39 is 0 Å². The lowest BCUT2D eigenvalue weighted by Crippen LogP contribution is -2.19. The van der Waals surface area contributed by atoms with Crippen molar-refractivity contribution in [2.45, 2.75) is 45.8 Å². The van der Waals surface area contributed by atoms with Gasteiger partial charge in [0.1, 0.15) is 0 Å². The monoisotopic (exact) mass is 237 g/mol. The lowest BCUT2D eigenvalue weighted by Gasteiger charge is -2.18. The molecular weight excluding hydrogens is 214 g/mol. The zero-order chi connectivity index (χ0) is 12.7. The molecule has 1 atom stereocenters. The number of rotatable bonds is 7. The summed E-state index contributed by atoms with van der Waals surface area (Å²) in [5, 5.41) is 3.36. The highest BCUT2D eigenvalue weighted by atomic mass is 16.5. The molecule has 1 heterocycles. The molecule has 0 bridgehead atoms. The average Bonchev–Trinajstić information content (AvgIpc) is 2.28. The number of nitrogens with two attached hydrogens (primary N) is 1. The highest BCUT2D eigenvalue weighted by molar-refractivity contribution is 5.50. The maximum Gasteiger partial charge on any atom is 0.168 e. The van der Waals surface area contributed by atoms with E-state index in [-0.39, 0.29) is 6.10 Å². The van der Waals surface area contributed by atoms with Crippen molar-refractivity contribution in [2.24, 2.45) is 5.73 Å². The lowest BCUT2D eigenvalue weighted by molar-refractivity contribution is 0.242. The molecule has 0 radical (unpaired) electrons. The van der Waals surface area contributed by atoms with Crippen molar-refractivity contribution >= 4 is 5.82 Å². The summed E-state index contributed by atoms with van der Waals surface area (Å²) < 4.78 is 5.70. The normalized spacial score (nSPS) is 12.5. The zero-order valence-corrected chi connectivity index (χ0v) is 10.9. The predicted molar refractivity (Wildman–Crippen MR) is 71.4 cm³/mol. The molecule has 4 heteroatoms. The summed E-state index contributed by atoms with van der Waals surface area (Å²) in [7, 11) is 0. The van der Waals surface area contributed by atoms with E-state index in [4.69, 9.17) is 10.5 Å². The predicted octanol–water partition coefficient (Wildman–Crippen LogP) is 2.41. The third kappa shape index (κ3) is 5.04. The topological polar surface area (TPSA) is 60.2 Å². The number of nitrogens with one attached hydrogen (secondary N) is 1. The Hall–Kier alpha value is -1.29. The van der Waals surface area contributed by atoms with Crippen LogP contribution in [0.15, 0.2) is 18.3 Å². The number of ether oxygens (including phenoxy) is 1. The molecule has 0 saturated carbocycles. The molecule has 1 aromatic heterocycles. The van der Waals surface area contributed by atoms with Crippen LogP contribution in [0, 0.1) is 0 Å². The molecule has 0 spiro atoms. The maximum absolute atomic E-state index is 5.70. The SMILES string of the molecule is CC(CCCN)Nc1ncccc1OC(C)C. The van der Waals surface area contributed by atoms with Gasteiger partial charge in [-0.3, -0.25) is 0 Å². The van der Waals surface area contributed by atoms with Crippen molar-refractivity contribution in [3.63, 3.8) is 0 Å². The number of anilines is 1. The van der Waals surface area contributed by atoms with E-state index in [9.17, 15) is 0 Å². The van der Waals surface area contributed by atoms with Crippen LogP contribution < -0.4 is 15.8 Å². The summed E-state index contributed by atoms with van der Waals surface area (Å²) in [5.41, 5.74) is 5.50. The Bertz CT molecular complexity index is 328. The van der Waals surface area contributed by atoms with Gasteiger partial charge in [-0.25, -0.2) is 4.98 Å². The number of pyridine rings is 1. The number of hydrogen-bond acceptors (Lipinski definition) is 4. The van der Waals surface area contributed by atoms with Crippen molar-refractivity contribution in [1.29, 1.82) is 0 Å². The van der Waals surface area contributed by atoms with Gasteiger partial charge in [0.05, 0.1) is 6.10 Å². The van der Waals surface area contributed by atoms with Crippen molar-refractivity contribution in [3.05, 3.63) is 18.3 Å². The first-order chi connectivity index (χ1) is 8.13. The minimum absolute atomic E-state index is 0.152. The molecule has 4 nitrogen and oxygen atoms in total. The van der Waals surface area contributed by atoms with Crippen LogP contribution in [0.4, 0.5) is 5.82 Å². The molecule has 0 aliphatic carbocycles. The van der Waals surface area contributed by atoms with Crippen LogP contribution in [0.3, 0.4) is 0 Å².